The van der Waals surface area contributed by atoms with Crippen LogP contribution in [0.4, 0.5) is 0 Å². The van der Waals surface area contributed by atoms with Crippen molar-refractivity contribution in [3.63, 3.8) is 0 Å². The predicted octanol–water partition coefficient (Wildman–Crippen LogP) is 2.96. The van der Waals surface area contributed by atoms with Gasteiger partial charge in [-0.25, -0.2) is 0 Å². The van der Waals surface area contributed by atoms with E-state index in [1.165, 1.54) is 5.56 Å². The number of hydrogen-bond donors (Lipinski definition) is 2. The minimum absolute atomic E-state index is 0. The van der Waals surface area contributed by atoms with Crippen LogP contribution in [-0.4, -0.2) is 32.2 Å². The van der Waals surface area contributed by atoms with Crippen molar-refractivity contribution in [2.45, 2.75) is 32.4 Å². The number of ether oxygens (including phenoxy) is 1. The van der Waals surface area contributed by atoms with Crippen LogP contribution in [0.15, 0.2) is 35.3 Å². The third-order valence-electron chi connectivity index (χ3n) is 3.52. The molecule has 1 aliphatic heterocycles. The second-order valence-electron chi connectivity index (χ2n) is 5.50. The molecule has 0 bridgehead atoms. The zero-order chi connectivity index (χ0) is 14.4. The summed E-state index contributed by atoms with van der Waals surface area (Å²) >= 11 is 0. The van der Waals surface area contributed by atoms with Crippen molar-refractivity contribution in [2.24, 2.45) is 10.9 Å². The van der Waals surface area contributed by atoms with Gasteiger partial charge in [-0.15, -0.1) is 24.0 Å². The molecule has 1 fully saturated rings. The van der Waals surface area contributed by atoms with Crippen molar-refractivity contribution in [1.29, 1.82) is 0 Å². The van der Waals surface area contributed by atoms with Crippen LogP contribution in [0.25, 0.3) is 0 Å². The molecule has 118 valence electrons. The summed E-state index contributed by atoms with van der Waals surface area (Å²) in [6.07, 6.45) is 1.28. The van der Waals surface area contributed by atoms with Gasteiger partial charge in [0.15, 0.2) is 5.96 Å². The van der Waals surface area contributed by atoms with Gasteiger partial charge >= 0.3 is 0 Å². The molecule has 1 aromatic rings. The quantitative estimate of drug-likeness (QED) is 0.462. The molecule has 0 aromatic heterocycles. The summed E-state index contributed by atoms with van der Waals surface area (Å²) in [6, 6.07) is 10.8. The Kier molecular flexibility index (Phi) is 8.03. The maximum Gasteiger partial charge on any atom is 0.191 e. The molecule has 0 radical (unpaired) electrons. The molecule has 0 spiro atoms. The molecule has 0 aliphatic carbocycles. The SMILES string of the molecule is CN=C(NCC1CCOC1c1ccccc1)NC(C)C.I. The Morgan fingerprint density at radius 3 is 2.67 bits per heavy atom. The van der Waals surface area contributed by atoms with Gasteiger partial charge in [-0.1, -0.05) is 30.3 Å². The molecule has 2 rings (SSSR count). The van der Waals surface area contributed by atoms with Crippen LogP contribution < -0.4 is 10.6 Å². The van der Waals surface area contributed by atoms with Crippen molar-refractivity contribution in [3.05, 3.63) is 35.9 Å². The summed E-state index contributed by atoms with van der Waals surface area (Å²) in [5.74, 6) is 1.35. The zero-order valence-corrected chi connectivity index (χ0v) is 15.3. The van der Waals surface area contributed by atoms with Crippen molar-refractivity contribution >= 4 is 29.9 Å². The van der Waals surface area contributed by atoms with Crippen LogP contribution in [0, 0.1) is 5.92 Å². The maximum absolute atomic E-state index is 5.90. The number of rotatable bonds is 4. The zero-order valence-electron chi connectivity index (χ0n) is 13.0. The lowest BCUT2D eigenvalue weighted by molar-refractivity contribution is 0.0915. The Morgan fingerprint density at radius 1 is 1.33 bits per heavy atom. The van der Waals surface area contributed by atoms with Crippen molar-refractivity contribution in [2.75, 3.05) is 20.2 Å². The molecule has 1 aliphatic rings. The number of benzene rings is 1. The van der Waals surface area contributed by atoms with E-state index in [0.717, 1.165) is 25.5 Å². The average Bonchev–Trinajstić information content (AvgIpc) is 2.92. The van der Waals surface area contributed by atoms with Crippen LogP contribution in [0.1, 0.15) is 31.9 Å². The molecule has 5 heteroatoms. The number of nitrogens with zero attached hydrogens (tertiary/aromatic N) is 1. The van der Waals surface area contributed by atoms with E-state index in [0.29, 0.717) is 12.0 Å². The van der Waals surface area contributed by atoms with Crippen molar-refractivity contribution in [3.8, 4) is 0 Å². The van der Waals surface area contributed by atoms with Gasteiger partial charge in [0.1, 0.15) is 0 Å². The molecule has 2 unspecified atom stereocenters. The number of guanidine groups is 1. The van der Waals surface area contributed by atoms with E-state index in [1.54, 1.807) is 7.05 Å². The van der Waals surface area contributed by atoms with Crippen LogP contribution in [0.2, 0.25) is 0 Å². The number of aliphatic imine (C=N–C) groups is 1. The second-order valence-corrected chi connectivity index (χ2v) is 5.50. The van der Waals surface area contributed by atoms with E-state index < -0.39 is 0 Å². The summed E-state index contributed by atoms with van der Waals surface area (Å²) in [7, 11) is 1.80. The lowest BCUT2D eigenvalue weighted by Crippen LogP contribution is -2.43. The highest BCUT2D eigenvalue weighted by atomic mass is 127. The second kappa shape index (κ2) is 9.25. The topological polar surface area (TPSA) is 45.7 Å². The standard InChI is InChI=1S/C16H25N3O.HI/c1-12(2)19-16(17-3)18-11-14-9-10-20-15(14)13-7-5-4-6-8-13;/h4-8,12,14-15H,9-11H2,1-3H3,(H2,17,18,19);1H. The van der Waals surface area contributed by atoms with E-state index in [2.05, 4.69) is 53.7 Å². The molecule has 1 aromatic carbocycles. The number of nitrogens with one attached hydrogen (secondary N) is 2. The van der Waals surface area contributed by atoms with Crippen LogP contribution in [0.3, 0.4) is 0 Å². The van der Waals surface area contributed by atoms with Gasteiger partial charge in [-0.2, -0.15) is 0 Å². The molecule has 1 saturated heterocycles. The highest BCUT2D eigenvalue weighted by Crippen LogP contribution is 2.33. The van der Waals surface area contributed by atoms with E-state index >= 15 is 0 Å². The van der Waals surface area contributed by atoms with Gasteiger partial charge in [0.2, 0.25) is 0 Å². The van der Waals surface area contributed by atoms with E-state index in [9.17, 15) is 0 Å². The first-order valence-electron chi connectivity index (χ1n) is 7.34. The van der Waals surface area contributed by atoms with Gasteiger partial charge in [-0.05, 0) is 25.8 Å². The summed E-state index contributed by atoms with van der Waals surface area (Å²) in [5, 5.41) is 6.71. The van der Waals surface area contributed by atoms with Crippen molar-refractivity contribution in [1.82, 2.24) is 10.6 Å². The van der Waals surface area contributed by atoms with Gasteiger partial charge < -0.3 is 15.4 Å². The maximum atomic E-state index is 5.90. The Morgan fingerprint density at radius 2 is 2.05 bits per heavy atom. The van der Waals surface area contributed by atoms with Gasteiger partial charge in [-0.3, -0.25) is 4.99 Å². The highest BCUT2D eigenvalue weighted by Gasteiger charge is 2.29. The summed E-state index contributed by atoms with van der Waals surface area (Å²) in [4.78, 5) is 4.24. The molecule has 2 atom stereocenters. The smallest absolute Gasteiger partial charge is 0.191 e. The average molecular weight is 403 g/mol. The third-order valence-corrected chi connectivity index (χ3v) is 3.52. The Bertz CT molecular complexity index is 436. The fourth-order valence-electron chi connectivity index (χ4n) is 2.55. The van der Waals surface area contributed by atoms with Gasteiger partial charge in [0, 0.05) is 32.2 Å². The van der Waals surface area contributed by atoms with Crippen LogP contribution >= 0.6 is 24.0 Å². The molecule has 2 N–H and O–H groups in total. The first kappa shape index (κ1) is 18.2. The Hall–Kier alpha value is -0.820. The Balaban J connectivity index is 0.00000220. The summed E-state index contributed by atoms with van der Waals surface area (Å²) < 4.78 is 5.90. The highest BCUT2D eigenvalue weighted by molar-refractivity contribution is 14.0. The van der Waals surface area contributed by atoms with Crippen molar-refractivity contribution < 1.29 is 4.74 Å². The third kappa shape index (κ3) is 5.47. The number of hydrogen-bond acceptors (Lipinski definition) is 2. The minimum Gasteiger partial charge on any atom is -0.373 e. The normalized spacial score (nSPS) is 22.0. The lowest BCUT2D eigenvalue weighted by atomic mass is 9.95. The molecular weight excluding hydrogens is 377 g/mol. The van der Waals surface area contributed by atoms with E-state index in [-0.39, 0.29) is 30.1 Å². The first-order valence-corrected chi connectivity index (χ1v) is 7.34. The Labute approximate surface area is 144 Å². The molecule has 0 amide bonds. The molecule has 0 saturated carbocycles. The monoisotopic (exact) mass is 403 g/mol. The molecule has 1 heterocycles. The fourth-order valence-corrected chi connectivity index (χ4v) is 2.55. The number of halogens is 1. The van der Waals surface area contributed by atoms with Gasteiger partial charge in [0.05, 0.1) is 6.10 Å². The summed E-state index contributed by atoms with van der Waals surface area (Å²) in [5.41, 5.74) is 1.27. The lowest BCUT2D eigenvalue weighted by Gasteiger charge is -2.21. The first-order chi connectivity index (χ1) is 9.70. The largest absolute Gasteiger partial charge is 0.373 e. The summed E-state index contributed by atoms with van der Waals surface area (Å²) in [6.45, 7) is 5.94. The minimum atomic E-state index is 0. The fraction of sp³-hybridized carbons (Fsp3) is 0.562. The van der Waals surface area contributed by atoms with E-state index in [1.807, 2.05) is 6.07 Å². The molecule has 4 nitrogen and oxygen atoms in total. The molecular formula is C16H26IN3O. The van der Waals surface area contributed by atoms with Gasteiger partial charge in [0.25, 0.3) is 0 Å². The van der Waals surface area contributed by atoms with Crippen LogP contribution in [0.5, 0.6) is 0 Å². The molecule has 21 heavy (non-hydrogen) atoms. The van der Waals surface area contributed by atoms with E-state index in [4.69, 9.17) is 4.74 Å². The predicted molar refractivity (Wildman–Crippen MR) is 98.3 cm³/mol. The van der Waals surface area contributed by atoms with Crippen LogP contribution in [-0.2, 0) is 4.74 Å².